The van der Waals surface area contributed by atoms with Gasteiger partial charge in [0.15, 0.2) is 0 Å². The Bertz CT molecular complexity index is 677. The third-order valence-corrected chi connectivity index (χ3v) is 6.06. The fourth-order valence-electron chi connectivity index (χ4n) is 4.23. The number of carbonyl (C=O) groups excluding carboxylic acids is 1. The number of aliphatic hydroxyl groups excluding tert-OH is 2. The Morgan fingerprint density at radius 2 is 1.84 bits per heavy atom. The zero-order valence-corrected chi connectivity index (χ0v) is 18.4. The lowest BCUT2D eigenvalue weighted by molar-refractivity contribution is -0.117. The van der Waals surface area contributed by atoms with E-state index in [1.165, 1.54) is 0 Å². The van der Waals surface area contributed by atoms with Crippen molar-refractivity contribution >= 4 is 5.78 Å². The first-order valence-corrected chi connectivity index (χ1v) is 11.3. The van der Waals surface area contributed by atoms with Crippen molar-refractivity contribution in [3.8, 4) is 0 Å². The quantitative estimate of drug-likeness (QED) is 0.314. The highest BCUT2D eigenvalue weighted by molar-refractivity contribution is 5.75. The van der Waals surface area contributed by atoms with Crippen molar-refractivity contribution in [2.24, 2.45) is 11.8 Å². The van der Waals surface area contributed by atoms with Crippen LogP contribution in [-0.4, -0.2) is 40.7 Å². The number of allylic oxidation sites excluding steroid dienone is 2. The molecule has 1 saturated carbocycles. The average molecular weight is 439 g/mol. The molecule has 0 aliphatic heterocycles. The molecule has 0 unspecified atom stereocenters. The van der Waals surface area contributed by atoms with Crippen LogP contribution in [0.15, 0.2) is 42.5 Å². The summed E-state index contributed by atoms with van der Waals surface area (Å²) < 4.78 is 34.1. The zero-order valence-electron chi connectivity index (χ0n) is 18.4. The Morgan fingerprint density at radius 1 is 1.13 bits per heavy atom. The SMILES string of the molecule is CC(=O)CCC/C=C\C[C@@H]1[C@@H](CCC(F)(F)CCOCc2ccccc2)[C@H](O)C[C@@H]1O. The molecule has 174 valence electrons. The summed E-state index contributed by atoms with van der Waals surface area (Å²) in [6, 6.07) is 9.44. The third kappa shape index (κ3) is 9.58. The second-order valence-corrected chi connectivity index (χ2v) is 8.68. The van der Waals surface area contributed by atoms with Crippen molar-refractivity contribution in [2.45, 2.75) is 83.0 Å². The van der Waals surface area contributed by atoms with E-state index in [1.807, 2.05) is 42.5 Å². The van der Waals surface area contributed by atoms with Crippen LogP contribution in [0.1, 0.15) is 63.9 Å². The van der Waals surface area contributed by atoms with E-state index in [1.54, 1.807) is 6.92 Å². The second-order valence-electron chi connectivity index (χ2n) is 8.68. The van der Waals surface area contributed by atoms with Crippen LogP contribution in [0.2, 0.25) is 0 Å². The Morgan fingerprint density at radius 3 is 2.55 bits per heavy atom. The first kappa shape index (κ1) is 25.6. The van der Waals surface area contributed by atoms with Crippen LogP contribution in [0.4, 0.5) is 8.78 Å². The number of ether oxygens (including phenoxy) is 1. The van der Waals surface area contributed by atoms with E-state index in [2.05, 4.69) is 0 Å². The smallest absolute Gasteiger partial charge is 0.250 e. The van der Waals surface area contributed by atoms with Gasteiger partial charge in [0.1, 0.15) is 5.78 Å². The van der Waals surface area contributed by atoms with Crippen LogP contribution in [0.5, 0.6) is 0 Å². The monoisotopic (exact) mass is 438 g/mol. The number of carbonyl (C=O) groups is 1. The molecule has 6 heteroatoms. The van der Waals surface area contributed by atoms with Gasteiger partial charge in [-0.2, -0.15) is 0 Å². The maximum atomic E-state index is 14.3. The van der Waals surface area contributed by atoms with E-state index >= 15 is 0 Å². The molecule has 0 amide bonds. The van der Waals surface area contributed by atoms with E-state index in [-0.39, 0.29) is 49.9 Å². The van der Waals surface area contributed by atoms with Gasteiger partial charge in [0.2, 0.25) is 5.92 Å². The highest BCUT2D eigenvalue weighted by Crippen LogP contribution is 2.40. The molecule has 0 spiro atoms. The number of benzene rings is 1. The Labute approximate surface area is 184 Å². The van der Waals surface area contributed by atoms with Crippen LogP contribution < -0.4 is 0 Å². The molecule has 2 rings (SSSR count). The number of alkyl halides is 2. The predicted octanol–water partition coefficient (Wildman–Crippen LogP) is 5.07. The zero-order chi connectivity index (χ0) is 22.7. The summed E-state index contributed by atoms with van der Waals surface area (Å²) in [5.74, 6) is -3.26. The standard InChI is InChI=1S/C25H36F2O4/c1-19(28)9-5-2-3-8-12-21-22(24(30)17-23(21)29)13-14-25(26,27)15-16-31-18-20-10-6-4-7-11-20/h3-4,6-8,10-11,21-24,29-30H,2,5,9,12-18H2,1H3/b8-3-/t21-,22-,23+,24-/m1/s1. The number of hydrogen-bond donors (Lipinski definition) is 2. The van der Waals surface area contributed by atoms with E-state index < -0.39 is 18.1 Å². The van der Waals surface area contributed by atoms with Gasteiger partial charge in [-0.25, -0.2) is 8.78 Å². The molecular formula is C25H36F2O4. The summed E-state index contributed by atoms with van der Waals surface area (Å²) in [5, 5.41) is 20.5. The topological polar surface area (TPSA) is 66.8 Å². The van der Waals surface area contributed by atoms with Crippen molar-refractivity contribution < 1.29 is 28.5 Å². The Kier molecular flexibility index (Phi) is 10.8. The maximum Gasteiger partial charge on any atom is 0.250 e. The number of rotatable bonds is 14. The van der Waals surface area contributed by atoms with Gasteiger partial charge >= 0.3 is 0 Å². The van der Waals surface area contributed by atoms with E-state index in [0.717, 1.165) is 18.4 Å². The summed E-state index contributed by atoms with van der Waals surface area (Å²) >= 11 is 0. The molecule has 0 saturated heterocycles. The minimum atomic E-state index is -2.86. The summed E-state index contributed by atoms with van der Waals surface area (Å²) in [4.78, 5) is 11.0. The lowest BCUT2D eigenvalue weighted by Gasteiger charge is -2.25. The molecule has 31 heavy (non-hydrogen) atoms. The Balaban J connectivity index is 1.73. The lowest BCUT2D eigenvalue weighted by atomic mass is 9.85. The van der Waals surface area contributed by atoms with Gasteiger partial charge in [0.25, 0.3) is 0 Å². The molecule has 0 bridgehead atoms. The highest BCUT2D eigenvalue weighted by atomic mass is 19.3. The molecule has 1 aliphatic rings. The van der Waals surface area contributed by atoms with Crippen LogP contribution in [0, 0.1) is 11.8 Å². The first-order chi connectivity index (χ1) is 14.8. The van der Waals surface area contributed by atoms with Crippen molar-refractivity contribution in [2.75, 3.05) is 6.61 Å². The van der Waals surface area contributed by atoms with E-state index in [0.29, 0.717) is 19.4 Å². The average Bonchev–Trinajstić information content (AvgIpc) is 2.99. The number of hydrogen-bond acceptors (Lipinski definition) is 4. The normalized spacial score (nSPS) is 24.2. The minimum absolute atomic E-state index is 0.0236. The van der Waals surface area contributed by atoms with Gasteiger partial charge in [-0.3, -0.25) is 0 Å². The summed E-state index contributed by atoms with van der Waals surface area (Å²) in [7, 11) is 0. The fourth-order valence-corrected chi connectivity index (χ4v) is 4.23. The third-order valence-electron chi connectivity index (χ3n) is 6.06. The van der Waals surface area contributed by atoms with Crippen molar-refractivity contribution in [3.05, 3.63) is 48.0 Å². The second kappa shape index (κ2) is 13.0. The summed E-state index contributed by atoms with van der Waals surface area (Å²) in [6.07, 6.45) is 4.86. The number of halogens is 2. The van der Waals surface area contributed by atoms with Crippen LogP contribution in [0.25, 0.3) is 0 Å². The van der Waals surface area contributed by atoms with Crippen LogP contribution in [0.3, 0.4) is 0 Å². The number of unbranched alkanes of at least 4 members (excludes halogenated alkanes) is 1. The highest BCUT2D eigenvalue weighted by Gasteiger charge is 2.42. The van der Waals surface area contributed by atoms with Gasteiger partial charge in [-0.05, 0) is 56.4 Å². The fraction of sp³-hybridized carbons (Fsp3) is 0.640. The number of Topliss-reactive ketones (excluding diaryl/α,β-unsaturated/α-hetero) is 1. The van der Waals surface area contributed by atoms with Crippen molar-refractivity contribution in [1.29, 1.82) is 0 Å². The molecule has 1 fully saturated rings. The Hall–Kier alpha value is -1.63. The molecular weight excluding hydrogens is 402 g/mol. The first-order valence-electron chi connectivity index (χ1n) is 11.3. The largest absolute Gasteiger partial charge is 0.393 e. The van der Waals surface area contributed by atoms with Crippen LogP contribution in [-0.2, 0) is 16.1 Å². The van der Waals surface area contributed by atoms with Gasteiger partial charge in [-0.1, -0.05) is 42.5 Å². The predicted molar refractivity (Wildman–Crippen MR) is 117 cm³/mol. The molecule has 0 heterocycles. The van der Waals surface area contributed by atoms with Crippen molar-refractivity contribution in [3.63, 3.8) is 0 Å². The summed E-state index contributed by atoms with van der Waals surface area (Å²) in [5.41, 5.74) is 0.950. The van der Waals surface area contributed by atoms with Gasteiger partial charge in [0.05, 0.1) is 25.4 Å². The van der Waals surface area contributed by atoms with Crippen molar-refractivity contribution in [1.82, 2.24) is 0 Å². The molecule has 2 N–H and O–H groups in total. The van der Waals surface area contributed by atoms with Crippen LogP contribution >= 0.6 is 0 Å². The lowest BCUT2D eigenvalue weighted by Crippen LogP contribution is -2.26. The molecule has 1 aromatic carbocycles. The molecule has 4 atom stereocenters. The van der Waals surface area contributed by atoms with E-state index in [4.69, 9.17) is 4.74 Å². The molecule has 1 aliphatic carbocycles. The molecule has 1 aromatic rings. The minimum Gasteiger partial charge on any atom is -0.393 e. The van der Waals surface area contributed by atoms with Gasteiger partial charge < -0.3 is 19.7 Å². The number of ketones is 1. The molecule has 0 aromatic heterocycles. The molecule has 0 radical (unpaired) electrons. The van der Waals surface area contributed by atoms with E-state index in [9.17, 15) is 23.8 Å². The number of aliphatic hydroxyl groups is 2. The van der Waals surface area contributed by atoms with Gasteiger partial charge in [-0.15, -0.1) is 0 Å². The maximum absolute atomic E-state index is 14.3. The summed E-state index contributed by atoms with van der Waals surface area (Å²) in [6.45, 7) is 1.85. The van der Waals surface area contributed by atoms with Gasteiger partial charge in [0, 0.05) is 19.3 Å². The molecule has 4 nitrogen and oxygen atoms in total.